The average Bonchev–Trinajstić information content (AvgIpc) is 3.68. The zero-order valence-corrected chi connectivity index (χ0v) is 37.7. The molecule has 2 aromatic carbocycles. The molecule has 1 saturated carbocycles. The highest BCUT2D eigenvalue weighted by atomic mass is 35.5. The number of rotatable bonds is 11. The van der Waals surface area contributed by atoms with Crippen LogP contribution in [-0.2, 0) is 56.3 Å². The third-order valence-corrected chi connectivity index (χ3v) is 14.5. The van der Waals surface area contributed by atoms with Gasteiger partial charge in [0, 0.05) is 34.9 Å². The van der Waals surface area contributed by atoms with E-state index in [0.29, 0.717) is 12.3 Å². The first kappa shape index (κ1) is 49.5. The summed E-state index contributed by atoms with van der Waals surface area (Å²) in [7, 11) is -8.64. The molecule has 0 unspecified atom stereocenters. The number of carbonyl (C=O) groups excluding carboxylic acids is 2. The minimum Gasteiger partial charge on any atom is -0.346 e. The van der Waals surface area contributed by atoms with Crippen LogP contribution in [0.3, 0.4) is 0 Å². The van der Waals surface area contributed by atoms with Crippen molar-refractivity contribution in [3.63, 3.8) is 0 Å². The van der Waals surface area contributed by atoms with Crippen molar-refractivity contribution in [1.29, 1.82) is 0 Å². The van der Waals surface area contributed by atoms with E-state index in [0.717, 1.165) is 42.7 Å². The number of nitrogens with one attached hydrogen (secondary N) is 1. The van der Waals surface area contributed by atoms with Crippen molar-refractivity contribution in [2.75, 3.05) is 16.8 Å². The fourth-order valence-corrected chi connectivity index (χ4v) is 9.40. The molecule has 7 rings (SSSR count). The van der Waals surface area contributed by atoms with Crippen LogP contribution in [0.15, 0.2) is 42.5 Å². The Bertz CT molecular complexity index is 3180. The van der Waals surface area contributed by atoms with E-state index in [-0.39, 0.29) is 42.5 Å². The van der Waals surface area contributed by atoms with E-state index in [9.17, 15) is 61.5 Å². The van der Waals surface area contributed by atoms with Crippen molar-refractivity contribution in [2.45, 2.75) is 74.8 Å². The fourth-order valence-electron chi connectivity index (χ4n) is 7.77. The maximum Gasteiger partial charge on any atom is 0.435 e. The van der Waals surface area contributed by atoms with Gasteiger partial charge in [0.2, 0.25) is 15.9 Å². The van der Waals surface area contributed by atoms with Crippen LogP contribution in [0.25, 0.3) is 22.0 Å². The number of benzene rings is 2. The van der Waals surface area contributed by atoms with Gasteiger partial charge >= 0.3 is 17.7 Å². The monoisotopic (exact) mass is 1030 g/mol. The Labute approximate surface area is 383 Å². The highest BCUT2D eigenvalue weighted by Crippen LogP contribution is 2.68. The second-order valence-corrected chi connectivity index (χ2v) is 21.4. The van der Waals surface area contributed by atoms with Crippen LogP contribution < -0.4 is 9.62 Å². The molecule has 3 heterocycles. The van der Waals surface area contributed by atoms with Gasteiger partial charge in [-0.3, -0.25) is 19.0 Å². The molecule has 0 bridgehead atoms. The second-order valence-electron chi connectivity index (χ2n) is 16.3. The number of sulfonamides is 1. The quantitative estimate of drug-likeness (QED) is 0.0592. The summed E-state index contributed by atoms with van der Waals surface area (Å²) in [5.74, 6) is -6.05. The first-order valence-corrected chi connectivity index (χ1v) is 23.7. The van der Waals surface area contributed by atoms with Crippen LogP contribution in [-0.4, -0.2) is 76.1 Å². The third-order valence-electron chi connectivity index (χ3n) is 11.0. The lowest BCUT2D eigenvalue weighted by Crippen LogP contribution is -2.35. The summed E-state index contributed by atoms with van der Waals surface area (Å²) in [6.45, 7) is -0.796. The summed E-state index contributed by atoms with van der Waals surface area (Å²) in [5.41, 5.74) is -5.88. The highest BCUT2D eigenvalue weighted by Gasteiger charge is 2.68. The number of nitrogens with zero attached hydrogens (tertiary/aromatic N) is 6. The minimum atomic E-state index is -5.22. The number of carbonyl (C=O) groups is 2. The molecular formula is C40H31Cl2F10N7O6S2. The van der Waals surface area contributed by atoms with Crippen molar-refractivity contribution in [3.05, 3.63) is 93.0 Å². The molecule has 27 heteroatoms. The molecule has 5 aromatic rings. The van der Waals surface area contributed by atoms with Gasteiger partial charge in [-0.2, -0.15) is 49.6 Å². The molecule has 67 heavy (non-hydrogen) atoms. The summed E-state index contributed by atoms with van der Waals surface area (Å²) >= 11 is 12.1. The van der Waals surface area contributed by atoms with Crippen LogP contribution in [0.2, 0.25) is 5.02 Å². The summed E-state index contributed by atoms with van der Waals surface area (Å²) in [6, 6.07) is 4.72. The minimum absolute atomic E-state index is 0.133. The largest absolute Gasteiger partial charge is 0.435 e. The SMILES string of the molecule is CC(C)(C#Cc1ccc(-c2ccc(Cl)c3c(N(C(=O)Cl)S(C)(=O)=O)nn(CC(F)(F)F)c23)c([C@H](Cc2cc(F)cc(F)c2)NC(=O)Cn2nc(C(F)(F)F)c3c2C(F)(F)[C@@H]2C[C@H]32)n1)S(C)(=O)=O. The zero-order chi connectivity index (χ0) is 49.7. The number of fused-ring (bicyclic) bond motifs is 4. The third kappa shape index (κ3) is 9.66. The van der Waals surface area contributed by atoms with Crippen LogP contribution in [0.5, 0.6) is 0 Å². The average molecular weight is 1030 g/mol. The Morgan fingerprint density at radius 3 is 2.15 bits per heavy atom. The van der Waals surface area contributed by atoms with Crippen molar-refractivity contribution < 1.29 is 70.3 Å². The van der Waals surface area contributed by atoms with E-state index in [1.165, 1.54) is 13.8 Å². The molecule has 0 saturated heterocycles. The number of sulfone groups is 1. The lowest BCUT2D eigenvalue weighted by atomic mass is 9.93. The van der Waals surface area contributed by atoms with Gasteiger partial charge in [-0.25, -0.2) is 30.6 Å². The number of hydrogen-bond acceptors (Lipinski definition) is 9. The Hall–Kier alpha value is -5.45. The second kappa shape index (κ2) is 16.7. The van der Waals surface area contributed by atoms with Gasteiger partial charge in [0.1, 0.15) is 40.9 Å². The fraction of sp³-hybridized carbons (Fsp3) is 0.375. The van der Waals surface area contributed by atoms with Gasteiger partial charge in [0.15, 0.2) is 21.3 Å². The van der Waals surface area contributed by atoms with Crippen LogP contribution in [0.1, 0.15) is 66.1 Å². The lowest BCUT2D eigenvalue weighted by Gasteiger charge is -2.23. The number of hydrogen-bond donors (Lipinski definition) is 1. The number of aromatic nitrogens is 5. The molecule has 0 aliphatic heterocycles. The Balaban J connectivity index is 1.48. The van der Waals surface area contributed by atoms with Gasteiger partial charge in [0.05, 0.1) is 33.9 Å². The van der Waals surface area contributed by atoms with Crippen molar-refractivity contribution in [3.8, 4) is 23.0 Å². The molecular weight excluding hydrogens is 1000 g/mol. The van der Waals surface area contributed by atoms with E-state index in [1.54, 1.807) is 0 Å². The maximum atomic E-state index is 15.5. The van der Waals surface area contributed by atoms with Crippen LogP contribution in [0, 0.1) is 29.4 Å². The Kier molecular flexibility index (Phi) is 12.3. The molecule has 358 valence electrons. The molecule has 3 aromatic heterocycles. The summed E-state index contributed by atoms with van der Waals surface area (Å²) in [4.78, 5) is 31.1. The van der Waals surface area contributed by atoms with E-state index in [1.807, 2.05) is 0 Å². The molecule has 13 nitrogen and oxygen atoms in total. The van der Waals surface area contributed by atoms with Gasteiger partial charge < -0.3 is 5.32 Å². The molecule has 0 spiro atoms. The normalized spacial score (nSPS) is 17.4. The van der Waals surface area contributed by atoms with E-state index in [2.05, 4.69) is 32.3 Å². The number of alkyl halides is 8. The van der Waals surface area contributed by atoms with Crippen molar-refractivity contribution in [1.82, 2.24) is 29.9 Å². The number of anilines is 1. The standard InChI is InChI=1S/C40H31Cl2F10N7O6S2/c1-37(2,66(3,62)63)10-9-21-5-6-22(23-7-8-26(41)30-32(23)58(17-38(45,46)47)56-35(30)59(36(42)61)67(4,64)65)31(53-21)27(13-18-11-19(43)14-20(44)12-18)54-28(60)16-57-34-29(33(55-57)40(50,51)52)24-15-25(24)39(34,48)49/h5-8,11-12,14,24-25,27H,13,15-17H2,1-4H3,(H,54,60)/t24-,25+,27-/m0/s1. The van der Waals surface area contributed by atoms with Crippen molar-refractivity contribution >= 4 is 71.1 Å². The molecule has 2 amide bonds. The number of halogens is 12. The smallest absolute Gasteiger partial charge is 0.346 e. The van der Waals surface area contributed by atoms with E-state index >= 15 is 8.78 Å². The topological polar surface area (TPSA) is 166 Å². The van der Waals surface area contributed by atoms with Gasteiger partial charge in [-0.15, -0.1) is 0 Å². The summed E-state index contributed by atoms with van der Waals surface area (Å²) in [5, 5.41) is 6.72. The first-order valence-electron chi connectivity index (χ1n) is 19.2. The Morgan fingerprint density at radius 1 is 0.955 bits per heavy atom. The molecule has 1 N–H and O–H groups in total. The summed E-state index contributed by atoms with van der Waals surface area (Å²) in [6.07, 6.45) is -9.93. The summed E-state index contributed by atoms with van der Waals surface area (Å²) < 4.78 is 195. The van der Waals surface area contributed by atoms with Crippen molar-refractivity contribution in [2.24, 2.45) is 5.92 Å². The van der Waals surface area contributed by atoms with Gasteiger partial charge in [-0.05, 0) is 86.0 Å². The first-order chi connectivity index (χ1) is 30.7. The van der Waals surface area contributed by atoms with Gasteiger partial charge in [-0.1, -0.05) is 23.6 Å². The molecule has 2 aliphatic carbocycles. The van der Waals surface area contributed by atoms with Crippen LogP contribution >= 0.6 is 23.2 Å². The molecule has 2 aliphatic rings. The molecule has 1 fully saturated rings. The predicted molar refractivity (Wildman–Crippen MR) is 221 cm³/mol. The lowest BCUT2D eigenvalue weighted by molar-refractivity contribution is -0.143. The molecule has 0 radical (unpaired) electrons. The number of pyridine rings is 1. The number of amides is 2. The highest BCUT2D eigenvalue weighted by molar-refractivity contribution is 7.93. The zero-order valence-electron chi connectivity index (χ0n) is 34.6. The maximum absolute atomic E-state index is 15.5. The predicted octanol–water partition coefficient (Wildman–Crippen LogP) is 8.42. The van der Waals surface area contributed by atoms with Gasteiger partial charge in [0.25, 0.3) is 5.92 Å². The van der Waals surface area contributed by atoms with Crippen LogP contribution in [0.4, 0.5) is 54.5 Å². The van der Waals surface area contributed by atoms with E-state index in [4.69, 9.17) is 23.2 Å². The molecule has 3 atom stereocenters. The van der Waals surface area contributed by atoms with E-state index < -0.39 is 148 Å². The Morgan fingerprint density at radius 2 is 1.58 bits per heavy atom.